The van der Waals surface area contributed by atoms with Crippen molar-refractivity contribution in [3.63, 3.8) is 0 Å². The lowest BCUT2D eigenvalue weighted by Crippen LogP contribution is -2.14. The fourth-order valence-corrected chi connectivity index (χ4v) is 8.15. The number of benzene rings is 10. The van der Waals surface area contributed by atoms with Crippen molar-refractivity contribution < 1.29 is 0 Å². The lowest BCUT2D eigenvalue weighted by molar-refractivity contribution is 1.26. The Balaban J connectivity index is 1.28. The van der Waals surface area contributed by atoms with Gasteiger partial charge in [-0.05, 0) is 110 Å². The lowest BCUT2D eigenvalue weighted by Gasteiger charge is -2.31. The largest absolute Gasteiger partial charge is 0.310 e. The molecule has 0 fully saturated rings. The highest BCUT2D eigenvalue weighted by atomic mass is 15.2. The molecule has 0 atom stereocenters. The summed E-state index contributed by atoms with van der Waals surface area (Å²) in [5.74, 6) is 0. The summed E-state index contributed by atoms with van der Waals surface area (Å²) < 4.78 is 0. The maximum atomic E-state index is 2.43. The van der Waals surface area contributed by atoms with Gasteiger partial charge >= 0.3 is 0 Å². The molecule has 0 unspecified atom stereocenters. The molecule has 0 radical (unpaired) electrons. The van der Waals surface area contributed by atoms with Gasteiger partial charge in [-0.25, -0.2) is 0 Å². The van der Waals surface area contributed by atoms with Gasteiger partial charge in [0.05, 0.1) is 5.69 Å². The van der Waals surface area contributed by atoms with Crippen molar-refractivity contribution in [3.05, 3.63) is 231 Å². The summed E-state index contributed by atoms with van der Waals surface area (Å²) in [5, 5.41) is 7.33. The van der Waals surface area contributed by atoms with E-state index in [2.05, 4.69) is 240 Å². The Morgan fingerprint density at radius 3 is 1.29 bits per heavy atom. The average molecular weight is 715 g/mol. The van der Waals surface area contributed by atoms with E-state index < -0.39 is 0 Å². The number of nitrogens with zero attached hydrogens (tertiary/aromatic N) is 2. The Bertz CT molecular complexity index is 2960. The molecule has 0 aliphatic heterocycles. The molecule has 0 N–H and O–H groups in total. The van der Waals surface area contributed by atoms with Gasteiger partial charge in [-0.3, -0.25) is 0 Å². The molecule has 0 saturated heterocycles. The van der Waals surface area contributed by atoms with Crippen LogP contribution in [0.25, 0.3) is 54.6 Å². The molecule has 0 bridgehead atoms. The maximum absolute atomic E-state index is 2.43. The molecule has 10 rings (SSSR count). The molecule has 0 aliphatic carbocycles. The van der Waals surface area contributed by atoms with Crippen LogP contribution in [0.15, 0.2) is 231 Å². The van der Waals surface area contributed by atoms with Gasteiger partial charge < -0.3 is 9.80 Å². The minimum absolute atomic E-state index is 1.07. The van der Waals surface area contributed by atoms with Crippen LogP contribution in [0.2, 0.25) is 0 Å². The molecule has 0 heterocycles. The van der Waals surface area contributed by atoms with Crippen molar-refractivity contribution in [3.8, 4) is 22.3 Å². The fraction of sp³-hybridized carbons (Fsp3) is 0. The SMILES string of the molecule is c1ccc(-c2cccc(N(c3ccccc3)c3cc(N(c4ccccc4)c4cccc(-c5ccccc5)c4)c4ccc5c6ccccc6ccc5c4c3)c2)cc1. The molecule has 10 aromatic rings. The van der Waals surface area contributed by atoms with E-state index in [1.54, 1.807) is 0 Å². The molecule has 2 nitrogen and oxygen atoms in total. The summed E-state index contributed by atoms with van der Waals surface area (Å²) in [5.41, 5.74) is 11.3. The van der Waals surface area contributed by atoms with Crippen LogP contribution in [-0.4, -0.2) is 0 Å². The molecular formula is C54H38N2. The van der Waals surface area contributed by atoms with E-state index in [1.807, 2.05) is 0 Å². The molecule has 0 amide bonds. The van der Waals surface area contributed by atoms with E-state index >= 15 is 0 Å². The summed E-state index contributed by atoms with van der Waals surface area (Å²) in [4.78, 5) is 4.83. The van der Waals surface area contributed by atoms with E-state index in [0.29, 0.717) is 0 Å². The fourth-order valence-electron chi connectivity index (χ4n) is 8.15. The van der Waals surface area contributed by atoms with E-state index in [4.69, 9.17) is 0 Å². The lowest BCUT2D eigenvalue weighted by atomic mass is 9.95. The zero-order valence-corrected chi connectivity index (χ0v) is 30.8. The second-order valence-corrected chi connectivity index (χ2v) is 14.2. The summed E-state index contributed by atoms with van der Waals surface area (Å²) >= 11 is 0. The smallest absolute Gasteiger partial charge is 0.0561 e. The highest BCUT2D eigenvalue weighted by molar-refractivity contribution is 6.20. The van der Waals surface area contributed by atoms with Gasteiger partial charge in [0.2, 0.25) is 0 Å². The van der Waals surface area contributed by atoms with Gasteiger partial charge in [-0.15, -0.1) is 0 Å². The number of para-hydroxylation sites is 2. The quantitative estimate of drug-likeness (QED) is 0.145. The minimum Gasteiger partial charge on any atom is -0.310 e. The van der Waals surface area contributed by atoms with E-state index in [1.165, 1.54) is 54.6 Å². The molecule has 264 valence electrons. The van der Waals surface area contributed by atoms with Crippen LogP contribution >= 0.6 is 0 Å². The third-order valence-electron chi connectivity index (χ3n) is 10.8. The van der Waals surface area contributed by atoms with E-state index in [-0.39, 0.29) is 0 Å². The van der Waals surface area contributed by atoms with Gasteiger partial charge in [0, 0.05) is 33.8 Å². The number of anilines is 6. The zero-order valence-electron chi connectivity index (χ0n) is 30.8. The monoisotopic (exact) mass is 714 g/mol. The molecule has 56 heavy (non-hydrogen) atoms. The first kappa shape index (κ1) is 33.2. The van der Waals surface area contributed by atoms with Gasteiger partial charge in [0.25, 0.3) is 0 Å². The summed E-state index contributed by atoms with van der Waals surface area (Å²) in [7, 11) is 0. The zero-order chi connectivity index (χ0) is 37.3. The van der Waals surface area contributed by atoms with E-state index in [0.717, 1.165) is 34.1 Å². The Labute approximate surface area is 327 Å². The Kier molecular flexibility index (Phi) is 8.55. The first-order valence-electron chi connectivity index (χ1n) is 19.2. The van der Waals surface area contributed by atoms with Crippen molar-refractivity contribution in [2.45, 2.75) is 0 Å². The highest BCUT2D eigenvalue weighted by Crippen LogP contribution is 2.47. The van der Waals surface area contributed by atoms with Crippen LogP contribution in [0, 0.1) is 0 Å². The number of hydrogen-bond donors (Lipinski definition) is 0. The van der Waals surface area contributed by atoms with Crippen LogP contribution in [-0.2, 0) is 0 Å². The Hall–Kier alpha value is -7.42. The molecular weight excluding hydrogens is 677 g/mol. The summed E-state index contributed by atoms with van der Waals surface area (Å²) in [6.45, 7) is 0. The third-order valence-corrected chi connectivity index (χ3v) is 10.8. The molecule has 0 saturated carbocycles. The highest BCUT2D eigenvalue weighted by Gasteiger charge is 2.22. The number of fused-ring (bicyclic) bond motifs is 5. The first-order valence-corrected chi connectivity index (χ1v) is 19.2. The van der Waals surface area contributed by atoms with E-state index in [9.17, 15) is 0 Å². The molecule has 10 aromatic carbocycles. The van der Waals surface area contributed by atoms with Crippen molar-refractivity contribution in [1.82, 2.24) is 0 Å². The topological polar surface area (TPSA) is 6.48 Å². The van der Waals surface area contributed by atoms with Crippen LogP contribution < -0.4 is 9.80 Å². The predicted octanol–water partition coefficient (Wildman–Crippen LogP) is 15.4. The van der Waals surface area contributed by atoms with Gasteiger partial charge in [0.1, 0.15) is 0 Å². The molecule has 0 aromatic heterocycles. The average Bonchev–Trinajstić information content (AvgIpc) is 3.28. The van der Waals surface area contributed by atoms with Gasteiger partial charge in [0.15, 0.2) is 0 Å². The van der Waals surface area contributed by atoms with Crippen molar-refractivity contribution >= 4 is 66.4 Å². The van der Waals surface area contributed by atoms with Gasteiger partial charge in [-0.1, -0.05) is 170 Å². The summed E-state index contributed by atoms with van der Waals surface area (Å²) in [6, 6.07) is 83.3. The second-order valence-electron chi connectivity index (χ2n) is 14.2. The molecule has 0 spiro atoms. The second kappa shape index (κ2) is 14.4. The third kappa shape index (κ3) is 6.14. The Morgan fingerprint density at radius 1 is 0.214 bits per heavy atom. The minimum atomic E-state index is 1.07. The normalized spacial score (nSPS) is 11.2. The van der Waals surface area contributed by atoms with Gasteiger partial charge in [-0.2, -0.15) is 0 Å². The molecule has 2 heteroatoms. The van der Waals surface area contributed by atoms with Crippen LogP contribution in [0.3, 0.4) is 0 Å². The van der Waals surface area contributed by atoms with Crippen molar-refractivity contribution in [2.75, 3.05) is 9.80 Å². The Morgan fingerprint density at radius 2 is 0.661 bits per heavy atom. The first-order chi connectivity index (χ1) is 27.8. The van der Waals surface area contributed by atoms with Crippen molar-refractivity contribution in [2.24, 2.45) is 0 Å². The standard InChI is InChI=1S/C54H38N2/c1-5-17-39(18-6-1)42-22-15-28-46(35-42)55(44-24-9-3-10-25-44)48-37-53-51-32-31-41-21-13-14-30-49(41)50(51)33-34-52(53)54(38-48)56(45-26-11-4-12-27-45)47-29-16-23-43(36-47)40-19-7-2-8-20-40/h1-38H. The number of hydrogen-bond acceptors (Lipinski definition) is 2. The van der Waals surface area contributed by atoms with Crippen LogP contribution in [0.1, 0.15) is 0 Å². The van der Waals surface area contributed by atoms with Crippen LogP contribution in [0.4, 0.5) is 34.1 Å². The van der Waals surface area contributed by atoms with Crippen molar-refractivity contribution in [1.29, 1.82) is 0 Å². The summed E-state index contributed by atoms with van der Waals surface area (Å²) in [6.07, 6.45) is 0. The molecule has 0 aliphatic rings. The maximum Gasteiger partial charge on any atom is 0.0561 e. The predicted molar refractivity (Wildman–Crippen MR) is 239 cm³/mol. The number of rotatable bonds is 8. The van der Waals surface area contributed by atoms with Crippen LogP contribution in [0.5, 0.6) is 0 Å².